The molecule has 0 bridgehead atoms. The number of para-hydroxylation sites is 1. The number of benzene rings is 1. The molecule has 0 aliphatic carbocycles. The zero-order valence-corrected chi connectivity index (χ0v) is 13.4. The lowest BCUT2D eigenvalue weighted by molar-refractivity contribution is 0.312. The van der Waals surface area contributed by atoms with Gasteiger partial charge in [0.25, 0.3) is 0 Å². The van der Waals surface area contributed by atoms with E-state index in [2.05, 4.69) is 69.4 Å². The van der Waals surface area contributed by atoms with Crippen LogP contribution < -0.4 is 10.2 Å². The van der Waals surface area contributed by atoms with E-state index in [4.69, 9.17) is 0 Å². The van der Waals surface area contributed by atoms with Crippen molar-refractivity contribution in [3.63, 3.8) is 0 Å². The molecule has 116 valence electrons. The molecule has 0 unspecified atom stereocenters. The van der Waals surface area contributed by atoms with Crippen LogP contribution in [0, 0.1) is 13.8 Å². The van der Waals surface area contributed by atoms with Crippen molar-refractivity contribution in [1.29, 1.82) is 0 Å². The molecule has 2 aromatic rings. The van der Waals surface area contributed by atoms with Gasteiger partial charge in [-0.25, -0.2) is 0 Å². The zero-order valence-electron chi connectivity index (χ0n) is 13.4. The van der Waals surface area contributed by atoms with Crippen LogP contribution in [0.1, 0.15) is 11.1 Å². The smallest absolute Gasteiger partial charge is 0.249 e. The molecule has 0 radical (unpaired) electrons. The molecule has 1 fully saturated rings. The second-order valence-electron chi connectivity index (χ2n) is 5.82. The van der Waals surface area contributed by atoms with Gasteiger partial charge >= 0.3 is 0 Å². The number of nitrogens with zero attached hydrogens (tertiary/aromatic N) is 5. The molecule has 1 saturated heterocycles. The minimum Gasteiger partial charge on any atom is -0.353 e. The second-order valence-corrected chi connectivity index (χ2v) is 5.82. The molecular weight excluding hydrogens is 276 g/mol. The molecule has 1 N–H and O–H groups in total. The number of likely N-dealkylation sites (N-methyl/N-ethyl adjacent to an activating group) is 1. The molecule has 0 spiro atoms. The van der Waals surface area contributed by atoms with Gasteiger partial charge in [-0.05, 0) is 32.0 Å². The van der Waals surface area contributed by atoms with Gasteiger partial charge in [0.2, 0.25) is 5.95 Å². The van der Waals surface area contributed by atoms with Crippen LogP contribution in [0.15, 0.2) is 24.4 Å². The third-order valence-electron chi connectivity index (χ3n) is 4.09. The third-order valence-corrected chi connectivity index (χ3v) is 4.09. The van der Waals surface area contributed by atoms with E-state index in [1.165, 1.54) is 11.1 Å². The van der Waals surface area contributed by atoms with E-state index in [1.54, 1.807) is 6.20 Å². The van der Waals surface area contributed by atoms with Crippen molar-refractivity contribution < 1.29 is 0 Å². The van der Waals surface area contributed by atoms with Crippen LogP contribution in [0.4, 0.5) is 17.5 Å². The van der Waals surface area contributed by atoms with E-state index < -0.39 is 0 Å². The van der Waals surface area contributed by atoms with Crippen molar-refractivity contribution >= 4 is 17.5 Å². The number of aromatic nitrogens is 3. The minimum atomic E-state index is 0.550. The topological polar surface area (TPSA) is 57.2 Å². The van der Waals surface area contributed by atoms with Crippen LogP contribution in [0.5, 0.6) is 0 Å². The van der Waals surface area contributed by atoms with Crippen molar-refractivity contribution in [3.8, 4) is 0 Å². The number of hydrogen-bond acceptors (Lipinski definition) is 6. The third kappa shape index (κ3) is 3.17. The van der Waals surface area contributed by atoms with Gasteiger partial charge in [0.1, 0.15) is 0 Å². The van der Waals surface area contributed by atoms with Crippen molar-refractivity contribution in [2.24, 2.45) is 0 Å². The van der Waals surface area contributed by atoms with Crippen LogP contribution in [0.2, 0.25) is 0 Å². The largest absolute Gasteiger partial charge is 0.353 e. The molecular formula is C16H22N6. The predicted octanol–water partition coefficient (Wildman–Crippen LogP) is 1.98. The molecule has 2 heterocycles. The summed E-state index contributed by atoms with van der Waals surface area (Å²) in [4.78, 5) is 9.20. The second kappa shape index (κ2) is 6.27. The average Bonchev–Trinajstić information content (AvgIpc) is 2.52. The Morgan fingerprint density at radius 2 is 1.73 bits per heavy atom. The highest BCUT2D eigenvalue weighted by Gasteiger charge is 2.16. The number of aryl methyl sites for hydroxylation is 2. The average molecular weight is 298 g/mol. The lowest BCUT2D eigenvalue weighted by Crippen LogP contribution is -2.44. The van der Waals surface area contributed by atoms with Gasteiger partial charge in [-0.2, -0.15) is 10.1 Å². The Bertz CT molecular complexity index is 629. The fraction of sp³-hybridized carbons (Fsp3) is 0.438. The fourth-order valence-corrected chi connectivity index (χ4v) is 2.66. The first kappa shape index (κ1) is 14.7. The van der Waals surface area contributed by atoms with Gasteiger partial charge in [0.15, 0.2) is 5.82 Å². The fourth-order valence-electron chi connectivity index (χ4n) is 2.66. The number of nitrogens with one attached hydrogen (secondary N) is 1. The van der Waals surface area contributed by atoms with Crippen LogP contribution in [-0.2, 0) is 0 Å². The molecule has 22 heavy (non-hydrogen) atoms. The van der Waals surface area contributed by atoms with Crippen molar-refractivity contribution in [3.05, 3.63) is 35.5 Å². The van der Waals surface area contributed by atoms with Crippen LogP contribution >= 0.6 is 0 Å². The first-order valence-corrected chi connectivity index (χ1v) is 7.60. The molecule has 1 aliphatic rings. The highest BCUT2D eigenvalue weighted by molar-refractivity contribution is 5.63. The summed E-state index contributed by atoms with van der Waals surface area (Å²) in [5, 5.41) is 11.5. The van der Waals surface area contributed by atoms with Crippen molar-refractivity contribution in [2.45, 2.75) is 13.8 Å². The molecule has 6 heteroatoms. The summed E-state index contributed by atoms with van der Waals surface area (Å²) in [5.41, 5.74) is 3.40. The number of anilines is 3. The summed E-state index contributed by atoms with van der Waals surface area (Å²) in [5.74, 6) is 1.44. The molecule has 6 nitrogen and oxygen atoms in total. The Kier molecular flexibility index (Phi) is 4.20. The minimum absolute atomic E-state index is 0.550. The monoisotopic (exact) mass is 298 g/mol. The van der Waals surface area contributed by atoms with E-state index in [9.17, 15) is 0 Å². The van der Waals surface area contributed by atoms with Gasteiger partial charge in [0.05, 0.1) is 6.20 Å². The van der Waals surface area contributed by atoms with Gasteiger partial charge in [0, 0.05) is 31.9 Å². The maximum absolute atomic E-state index is 4.62. The summed E-state index contributed by atoms with van der Waals surface area (Å²) in [6, 6.07) is 6.20. The van der Waals surface area contributed by atoms with E-state index in [-0.39, 0.29) is 0 Å². The quantitative estimate of drug-likeness (QED) is 0.935. The standard InChI is InChI=1S/C16H22N6/c1-12-5-4-6-13(2)15(12)19-16-18-14(11-17-20-16)22-9-7-21(3)8-10-22/h4-6,11H,7-10H2,1-3H3,(H,18,19,20). The zero-order chi connectivity index (χ0) is 15.5. The lowest BCUT2D eigenvalue weighted by atomic mass is 10.1. The SMILES string of the molecule is Cc1cccc(C)c1Nc1nncc(N2CCN(C)CC2)n1. The Balaban J connectivity index is 1.79. The first-order chi connectivity index (χ1) is 10.6. The summed E-state index contributed by atoms with van der Waals surface area (Å²) >= 11 is 0. The lowest BCUT2D eigenvalue weighted by Gasteiger charge is -2.32. The van der Waals surface area contributed by atoms with Crippen LogP contribution in [0.25, 0.3) is 0 Å². The molecule has 0 saturated carbocycles. The van der Waals surface area contributed by atoms with E-state index >= 15 is 0 Å². The Labute approximate surface area is 131 Å². The summed E-state index contributed by atoms with van der Waals surface area (Å²) in [6.45, 7) is 8.18. The summed E-state index contributed by atoms with van der Waals surface area (Å²) in [7, 11) is 2.14. The van der Waals surface area contributed by atoms with Crippen LogP contribution in [0.3, 0.4) is 0 Å². The van der Waals surface area contributed by atoms with Gasteiger partial charge < -0.3 is 15.1 Å². The van der Waals surface area contributed by atoms with E-state index in [0.29, 0.717) is 5.95 Å². The number of rotatable bonds is 3. The Morgan fingerprint density at radius 1 is 1.05 bits per heavy atom. The summed E-state index contributed by atoms with van der Waals surface area (Å²) < 4.78 is 0. The van der Waals surface area contributed by atoms with E-state index in [1.807, 2.05) is 0 Å². The first-order valence-electron chi connectivity index (χ1n) is 7.60. The highest BCUT2D eigenvalue weighted by atomic mass is 15.3. The van der Waals surface area contributed by atoms with E-state index in [0.717, 1.165) is 37.7 Å². The molecule has 0 amide bonds. The number of piperazine rings is 1. The number of hydrogen-bond donors (Lipinski definition) is 1. The maximum atomic E-state index is 4.62. The summed E-state index contributed by atoms with van der Waals surface area (Å²) in [6.07, 6.45) is 1.74. The molecule has 0 atom stereocenters. The van der Waals surface area contributed by atoms with Crippen LogP contribution in [-0.4, -0.2) is 53.3 Å². The van der Waals surface area contributed by atoms with Gasteiger partial charge in [-0.15, -0.1) is 5.10 Å². The Hall–Kier alpha value is -2.21. The predicted molar refractivity (Wildman–Crippen MR) is 88.7 cm³/mol. The molecule has 3 rings (SSSR count). The Morgan fingerprint density at radius 3 is 2.41 bits per heavy atom. The maximum Gasteiger partial charge on any atom is 0.249 e. The van der Waals surface area contributed by atoms with Gasteiger partial charge in [-0.1, -0.05) is 18.2 Å². The normalized spacial score (nSPS) is 15.9. The van der Waals surface area contributed by atoms with Gasteiger partial charge in [-0.3, -0.25) is 0 Å². The van der Waals surface area contributed by atoms with Crippen molar-refractivity contribution in [2.75, 3.05) is 43.4 Å². The van der Waals surface area contributed by atoms with Crippen molar-refractivity contribution in [1.82, 2.24) is 20.1 Å². The molecule has 1 aromatic carbocycles. The molecule has 1 aliphatic heterocycles. The highest BCUT2D eigenvalue weighted by Crippen LogP contribution is 2.23. The molecule has 1 aromatic heterocycles.